The number of alkyl halides is 3. The minimum atomic E-state index is -4.57. The van der Waals surface area contributed by atoms with Crippen LogP contribution in [0, 0.1) is 0 Å². The smallest absolute Gasteiger partial charge is 0.384 e. The van der Waals surface area contributed by atoms with Crippen molar-refractivity contribution in [3.63, 3.8) is 0 Å². The maximum atomic E-state index is 13.4. The molecule has 8 heteroatoms. The highest BCUT2D eigenvalue weighted by Crippen LogP contribution is 2.42. The van der Waals surface area contributed by atoms with E-state index in [0.717, 1.165) is 42.5 Å². The van der Waals surface area contributed by atoms with Gasteiger partial charge in [0.1, 0.15) is 12.1 Å². The fourth-order valence-electron chi connectivity index (χ4n) is 3.19. The second-order valence-electron chi connectivity index (χ2n) is 6.37. The summed E-state index contributed by atoms with van der Waals surface area (Å²) in [7, 11) is 0. The van der Waals surface area contributed by atoms with Crippen LogP contribution in [0.25, 0.3) is 22.2 Å². The van der Waals surface area contributed by atoms with E-state index in [-0.39, 0.29) is 22.1 Å². The number of nitrogen functional groups attached to an aromatic ring is 1. The van der Waals surface area contributed by atoms with E-state index in [0.29, 0.717) is 11.4 Å². The molecule has 1 aliphatic rings. The fourth-order valence-corrected chi connectivity index (χ4v) is 3.45. The summed E-state index contributed by atoms with van der Waals surface area (Å²) in [5.74, 6) is 0.334. The molecule has 0 atom stereocenters. The normalized spacial score (nSPS) is 15.2. The Labute approximate surface area is 152 Å². The summed E-state index contributed by atoms with van der Waals surface area (Å²) in [6, 6.07) is 5.19. The van der Waals surface area contributed by atoms with E-state index in [1.165, 1.54) is 12.4 Å². The Hall–Kier alpha value is -2.41. The molecule has 4 rings (SSSR count). The van der Waals surface area contributed by atoms with E-state index in [1.54, 1.807) is 6.07 Å². The zero-order valence-corrected chi connectivity index (χ0v) is 14.3. The van der Waals surface area contributed by atoms with Crippen LogP contribution >= 0.6 is 11.6 Å². The molecule has 2 heterocycles. The Morgan fingerprint density at radius 1 is 1.12 bits per heavy atom. The standard InChI is InChI=1S/C18H14ClF3N4/c19-13-6-11-14(24-8-25-16(11)9-2-1-3-9)7-10(13)17-12(18(20,21)22)4-5-15(23)26-17/h4-9H,1-3H2,(H2,23,26). The molecule has 134 valence electrons. The number of hydrogen-bond donors (Lipinski definition) is 1. The number of anilines is 1. The lowest BCUT2D eigenvalue weighted by atomic mass is 9.81. The van der Waals surface area contributed by atoms with E-state index in [1.807, 2.05) is 0 Å². The zero-order valence-electron chi connectivity index (χ0n) is 13.5. The van der Waals surface area contributed by atoms with Crippen LogP contribution in [0.15, 0.2) is 30.6 Å². The Morgan fingerprint density at radius 2 is 1.88 bits per heavy atom. The Balaban J connectivity index is 1.94. The number of nitrogens with two attached hydrogens (primary N) is 1. The van der Waals surface area contributed by atoms with Crippen LogP contribution in [0.2, 0.25) is 5.02 Å². The maximum Gasteiger partial charge on any atom is 0.418 e. The van der Waals surface area contributed by atoms with Gasteiger partial charge in [-0.2, -0.15) is 13.2 Å². The van der Waals surface area contributed by atoms with Crippen LogP contribution in [-0.4, -0.2) is 15.0 Å². The van der Waals surface area contributed by atoms with E-state index in [4.69, 9.17) is 17.3 Å². The summed E-state index contributed by atoms with van der Waals surface area (Å²) in [5.41, 5.74) is 6.01. The number of rotatable bonds is 2. The van der Waals surface area contributed by atoms with Gasteiger partial charge in [0.25, 0.3) is 0 Å². The van der Waals surface area contributed by atoms with Crippen LogP contribution in [0.1, 0.15) is 36.4 Å². The van der Waals surface area contributed by atoms with Gasteiger partial charge in [-0.05, 0) is 37.1 Å². The highest BCUT2D eigenvalue weighted by Gasteiger charge is 2.35. The van der Waals surface area contributed by atoms with E-state index >= 15 is 0 Å². The van der Waals surface area contributed by atoms with Crippen molar-refractivity contribution in [1.82, 2.24) is 15.0 Å². The van der Waals surface area contributed by atoms with Crippen LogP contribution in [-0.2, 0) is 6.18 Å². The topological polar surface area (TPSA) is 64.7 Å². The van der Waals surface area contributed by atoms with E-state index in [9.17, 15) is 13.2 Å². The molecule has 0 saturated heterocycles. The zero-order chi connectivity index (χ0) is 18.5. The van der Waals surface area contributed by atoms with Crippen molar-refractivity contribution in [2.45, 2.75) is 31.4 Å². The molecule has 4 nitrogen and oxygen atoms in total. The number of halogens is 4. The molecule has 1 fully saturated rings. The second-order valence-corrected chi connectivity index (χ2v) is 6.77. The van der Waals surface area contributed by atoms with Crippen molar-refractivity contribution in [2.24, 2.45) is 0 Å². The molecular weight excluding hydrogens is 365 g/mol. The monoisotopic (exact) mass is 378 g/mol. The third kappa shape index (κ3) is 2.86. The highest BCUT2D eigenvalue weighted by molar-refractivity contribution is 6.34. The SMILES string of the molecule is Nc1ccc(C(F)(F)F)c(-c2cc3ncnc(C4CCC4)c3cc2Cl)n1. The number of pyridine rings is 1. The third-order valence-electron chi connectivity index (χ3n) is 4.72. The van der Waals surface area contributed by atoms with Crippen LogP contribution in [0.5, 0.6) is 0 Å². The van der Waals surface area contributed by atoms with Crippen LogP contribution in [0.4, 0.5) is 19.0 Å². The number of fused-ring (bicyclic) bond motifs is 1. The second kappa shape index (κ2) is 6.09. The molecule has 0 aliphatic heterocycles. The third-order valence-corrected chi connectivity index (χ3v) is 5.04. The lowest BCUT2D eigenvalue weighted by Gasteiger charge is -2.25. The van der Waals surface area contributed by atoms with Crippen molar-refractivity contribution in [1.29, 1.82) is 0 Å². The summed E-state index contributed by atoms with van der Waals surface area (Å²) in [4.78, 5) is 12.5. The molecule has 26 heavy (non-hydrogen) atoms. The predicted molar refractivity (Wildman–Crippen MR) is 93.8 cm³/mol. The fraction of sp³-hybridized carbons (Fsp3) is 0.278. The average molecular weight is 379 g/mol. The summed E-state index contributed by atoms with van der Waals surface area (Å²) in [5, 5.41) is 0.930. The molecule has 0 spiro atoms. The summed E-state index contributed by atoms with van der Waals surface area (Å²) in [6.07, 6.45) is 0.0906. The molecule has 0 amide bonds. The molecule has 0 unspecified atom stereocenters. The largest absolute Gasteiger partial charge is 0.418 e. The number of benzene rings is 1. The molecule has 1 saturated carbocycles. The van der Waals surface area contributed by atoms with Crippen molar-refractivity contribution < 1.29 is 13.2 Å². The van der Waals surface area contributed by atoms with E-state index < -0.39 is 11.7 Å². The molecule has 0 bridgehead atoms. The van der Waals surface area contributed by atoms with Gasteiger partial charge in [-0.15, -0.1) is 0 Å². The summed E-state index contributed by atoms with van der Waals surface area (Å²) in [6.45, 7) is 0. The first kappa shape index (κ1) is 17.0. The van der Waals surface area contributed by atoms with Gasteiger partial charge in [0.05, 0.1) is 27.5 Å². The molecule has 1 aromatic carbocycles. The minimum absolute atomic E-state index is 0.0120. The molecule has 2 aromatic heterocycles. The lowest BCUT2D eigenvalue weighted by molar-refractivity contribution is -0.137. The van der Waals surface area contributed by atoms with Gasteiger partial charge in [0.15, 0.2) is 0 Å². The van der Waals surface area contributed by atoms with E-state index in [2.05, 4.69) is 15.0 Å². The number of hydrogen-bond acceptors (Lipinski definition) is 4. The van der Waals surface area contributed by atoms with Gasteiger partial charge in [-0.1, -0.05) is 18.0 Å². The van der Waals surface area contributed by atoms with Gasteiger partial charge >= 0.3 is 6.18 Å². The maximum absolute atomic E-state index is 13.4. The summed E-state index contributed by atoms with van der Waals surface area (Å²) < 4.78 is 40.2. The first-order valence-electron chi connectivity index (χ1n) is 8.13. The van der Waals surface area contributed by atoms with Gasteiger partial charge in [-0.25, -0.2) is 15.0 Å². The van der Waals surface area contributed by atoms with Crippen molar-refractivity contribution in [2.75, 3.05) is 5.73 Å². The minimum Gasteiger partial charge on any atom is -0.384 e. The Kier molecular flexibility index (Phi) is 3.99. The first-order chi connectivity index (χ1) is 12.3. The summed E-state index contributed by atoms with van der Waals surface area (Å²) >= 11 is 6.35. The van der Waals surface area contributed by atoms with Crippen molar-refractivity contribution >= 4 is 28.3 Å². The average Bonchev–Trinajstić information content (AvgIpc) is 2.52. The number of nitrogens with zero attached hydrogens (tertiary/aromatic N) is 3. The van der Waals surface area contributed by atoms with Gasteiger partial charge in [-0.3, -0.25) is 0 Å². The molecule has 1 aliphatic carbocycles. The molecule has 2 N–H and O–H groups in total. The molecule has 0 radical (unpaired) electrons. The molecule has 3 aromatic rings. The van der Waals surface area contributed by atoms with Crippen molar-refractivity contribution in [3.05, 3.63) is 46.9 Å². The van der Waals surface area contributed by atoms with Crippen LogP contribution < -0.4 is 5.73 Å². The van der Waals surface area contributed by atoms with Crippen molar-refractivity contribution in [3.8, 4) is 11.3 Å². The molecular formula is C18H14ClF3N4. The highest BCUT2D eigenvalue weighted by atomic mass is 35.5. The van der Waals surface area contributed by atoms with Gasteiger partial charge in [0.2, 0.25) is 0 Å². The van der Waals surface area contributed by atoms with Gasteiger partial charge < -0.3 is 5.73 Å². The lowest BCUT2D eigenvalue weighted by Crippen LogP contribution is -2.12. The van der Waals surface area contributed by atoms with Crippen LogP contribution in [0.3, 0.4) is 0 Å². The van der Waals surface area contributed by atoms with Gasteiger partial charge in [0, 0.05) is 16.9 Å². The first-order valence-corrected chi connectivity index (χ1v) is 8.50. The Bertz CT molecular complexity index is 1000. The quantitative estimate of drug-likeness (QED) is 0.664. The predicted octanol–water partition coefficient (Wildman–Crippen LogP) is 5.21. The Morgan fingerprint density at radius 3 is 2.54 bits per heavy atom. The number of aromatic nitrogens is 3.